The third kappa shape index (κ3) is 3.18. The normalized spacial score (nSPS) is 21.4. The highest BCUT2D eigenvalue weighted by atomic mass is 16.5. The van der Waals surface area contributed by atoms with E-state index in [0.717, 1.165) is 22.9 Å². The number of phenolic OH excluding ortho intramolecular Hbond substituents is 4. The van der Waals surface area contributed by atoms with Crippen LogP contribution in [-0.2, 0) is 0 Å². The number of fused-ring (bicyclic) bond motifs is 5. The summed E-state index contributed by atoms with van der Waals surface area (Å²) in [5.74, 6) is 1.46. The van der Waals surface area contributed by atoms with E-state index in [-0.39, 0.29) is 28.9 Å². The van der Waals surface area contributed by atoms with Gasteiger partial charge in [-0.1, -0.05) is 6.07 Å². The fourth-order valence-corrected chi connectivity index (χ4v) is 5.22. The average Bonchev–Trinajstić information content (AvgIpc) is 3.15. The summed E-state index contributed by atoms with van der Waals surface area (Å²) in [6, 6.07) is 15.0. The average molecular weight is 442 g/mol. The number of phenols is 4. The third-order valence-corrected chi connectivity index (χ3v) is 6.58. The number of furan rings is 1. The first-order valence-corrected chi connectivity index (χ1v) is 10.8. The van der Waals surface area contributed by atoms with Crippen molar-refractivity contribution in [1.29, 1.82) is 0 Å². The van der Waals surface area contributed by atoms with Crippen molar-refractivity contribution in [3.05, 3.63) is 71.8 Å². The van der Waals surface area contributed by atoms with Gasteiger partial charge in [-0.25, -0.2) is 0 Å². The van der Waals surface area contributed by atoms with Gasteiger partial charge < -0.3 is 29.6 Å². The number of hydrogen-bond acceptors (Lipinski definition) is 6. The van der Waals surface area contributed by atoms with Crippen LogP contribution in [0.15, 0.2) is 65.1 Å². The van der Waals surface area contributed by atoms with Crippen molar-refractivity contribution in [2.75, 3.05) is 0 Å². The zero-order chi connectivity index (χ0) is 22.9. The minimum atomic E-state index is -0.614. The van der Waals surface area contributed by atoms with Crippen molar-refractivity contribution in [2.45, 2.75) is 31.3 Å². The van der Waals surface area contributed by atoms with Gasteiger partial charge in [-0.2, -0.15) is 0 Å². The van der Waals surface area contributed by atoms with Crippen LogP contribution < -0.4 is 4.74 Å². The maximum atomic E-state index is 10.9. The molecule has 166 valence electrons. The minimum Gasteiger partial charge on any atom is -0.508 e. The molecule has 6 rings (SSSR count). The van der Waals surface area contributed by atoms with Gasteiger partial charge in [0.1, 0.15) is 45.7 Å². The lowest BCUT2D eigenvalue weighted by molar-refractivity contribution is 0.0955. The topological polar surface area (TPSA) is 103 Å². The van der Waals surface area contributed by atoms with Crippen LogP contribution in [0.5, 0.6) is 28.7 Å². The zero-order valence-electron chi connectivity index (χ0n) is 17.9. The molecule has 0 saturated heterocycles. The summed E-state index contributed by atoms with van der Waals surface area (Å²) in [5.41, 5.74) is 2.64. The van der Waals surface area contributed by atoms with Crippen molar-refractivity contribution < 1.29 is 29.6 Å². The fraction of sp³-hybridized carbons (Fsp3) is 0.185. The van der Waals surface area contributed by atoms with Crippen LogP contribution >= 0.6 is 0 Å². The lowest BCUT2D eigenvalue weighted by Gasteiger charge is -2.42. The van der Waals surface area contributed by atoms with Gasteiger partial charge in [-0.05, 0) is 79.3 Å². The SMILES string of the molecule is C[C@]12C=C(c3c(O)cc(-c4cc5ccc(O)cc5o4)cc3O)C[C@@H](C1)c1ccc(O)cc1O2. The Hall–Kier alpha value is -4.06. The van der Waals surface area contributed by atoms with Crippen molar-refractivity contribution >= 4 is 16.5 Å². The number of rotatable bonds is 2. The number of allylic oxidation sites excluding steroid dienone is 1. The lowest BCUT2D eigenvalue weighted by atomic mass is 9.73. The first-order valence-electron chi connectivity index (χ1n) is 10.8. The van der Waals surface area contributed by atoms with Crippen molar-refractivity contribution in [1.82, 2.24) is 0 Å². The molecule has 4 aromatic rings. The van der Waals surface area contributed by atoms with Crippen LogP contribution in [0.1, 0.15) is 36.8 Å². The highest BCUT2D eigenvalue weighted by molar-refractivity contribution is 5.86. The van der Waals surface area contributed by atoms with Crippen molar-refractivity contribution in [2.24, 2.45) is 0 Å². The van der Waals surface area contributed by atoms with E-state index in [1.165, 1.54) is 6.07 Å². The minimum absolute atomic E-state index is 0.0472. The van der Waals surface area contributed by atoms with Crippen LogP contribution in [0.2, 0.25) is 0 Å². The molecule has 0 spiro atoms. The molecule has 1 aliphatic carbocycles. The molecule has 6 heteroatoms. The molecule has 0 saturated carbocycles. The highest BCUT2D eigenvalue weighted by Crippen LogP contribution is 2.53. The maximum Gasteiger partial charge on any atom is 0.138 e. The van der Waals surface area contributed by atoms with E-state index in [9.17, 15) is 20.4 Å². The molecule has 0 unspecified atom stereocenters. The second-order valence-electron chi connectivity index (χ2n) is 9.13. The van der Waals surface area contributed by atoms with E-state index < -0.39 is 5.60 Å². The van der Waals surface area contributed by atoms with E-state index in [2.05, 4.69) is 0 Å². The molecule has 33 heavy (non-hydrogen) atoms. The molecule has 3 aromatic carbocycles. The molecule has 0 radical (unpaired) electrons. The summed E-state index contributed by atoms with van der Waals surface area (Å²) in [4.78, 5) is 0. The molecule has 2 bridgehead atoms. The van der Waals surface area contributed by atoms with Crippen LogP contribution in [0.4, 0.5) is 0 Å². The predicted octanol–water partition coefficient (Wildman–Crippen LogP) is 6.03. The molecule has 2 aliphatic rings. The van der Waals surface area contributed by atoms with Gasteiger partial charge >= 0.3 is 0 Å². The lowest BCUT2D eigenvalue weighted by Crippen LogP contribution is -2.39. The van der Waals surface area contributed by atoms with Crippen LogP contribution in [0.3, 0.4) is 0 Å². The standard InChI is InChI=1S/C27H22O6/c1-27-12-16(20-5-4-19(29)11-25(20)33-27)6-17(13-27)26-21(30)7-15(8-22(26)31)23-9-14-2-3-18(28)10-24(14)32-23/h2-5,7-11,13,16,28-31H,6,12H2,1H3/t16-,27+/m0/s1. The van der Waals surface area contributed by atoms with Gasteiger partial charge in [0.15, 0.2) is 0 Å². The second kappa shape index (κ2) is 6.72. The Bertz CT molecular complexity index is 1440. The van der Waals surface area contributed by atoms with E-state index >= 15 is 0 Å². The Morgan fingerprint density at radius 3 is 2.39 bits per heavy atom. The Labute approximate surface area is 189 Å². The monoisotopic (exact) mass is 442 g/mol. The zero-order valence-corrected chi connectivity index (χ0v) is 17.9. The summed E-state index contributed by atoms with van der Waals surface area (Å²) in [7, 11) is 0. The van der Waals surface area contributed by atoms with Crippen LogP contribution in [-0.4, -0.2) is 26.0 Å². The van der Waals surface area contributed by atoms with Crippen LogP contribution in [0, 0.1) is 0 Å². The largest absolute Gasteiger partial charge is 0.508 e. The predicted molar refractivity (Wildman–Crippen MR) is 124 cm³/mol. The van der Waals surface area contributed by atoms with Gasteiger partial charge in [0, 0.05) is 23.1 Å². The van der Waals surface area contributed by atoms with E-state index in [4.69, 9.17) is 9.15 Å². The maximum absolute atomic E-state index is 10.9. The summed E-state index contributed by atoms with van der Waals surface area (Å²) in [6.45, 7) is 1.97. The number of aromatic hydroxyl groups is 4. The fourth-order valence-electron chi connectivity index (χ4n) is 5.22. The summed E-state index contributed by atoms with van der Waals surface area (Å²) in [6.07, 6.45) is 3.36. The van der Waals surface area contributed by atoms with Gasteiger partial charge in [0.05, 0.1) is 5.56 Å². The second-order valence-corrected chi connectivity index (χ2v) is 9.13. The molecular weight excluding hydrogens is 420 g/mol. The Morgan fingerprint density at radius 2 is 1.61 bits per heavy atom. The summed E-state index contributed by atoms with van der Waals surface area (Å²) in [5, 5.41) is 42.2. The van der Waals surface area contributed by atoms with Crippen molar-refractivity contribution in [3.63, 3.8) is 0 Å². The molecule has 2 heterocycles. The van der Waals surface area contributed by atoms with E-state index in [1.54, 1.807) is 42.5 Å². The van der Waals surface area contributed by atoms with E-state index in [1.807, 2.05) is 19.1 Å². The van der Waals surface area contributed by atoms with Gasteiger partial charge in [0.25, 0.3) is 0 Å². The Balaban J connectivity index is 1.40. The summed E-state index contributed by atoms with van der Waals surface area (Å²) < 4.78 is 12.0. The van der Waals surface area contributed by atoms with Gasteiger partial charge in [-0.3, -0.25) is 0 Å². The molecule has 1 aromatic heterocycles. The first kappa shape index (κ1) is 19.6. The first-order chi connectivity index (χ1) is 15.8. The molecule has 2 atom stereocenters. The molecule has 6 nitrogen and oxygen atoms in total. The number of ether oxygens (including phenoxy) is 1. The number of hydrogen-bond donors (Lipinski definition) is 4. The van der Waals surface area contributed by atoms with Gasteiger partial charge in [-0.15, -0.1) is 0 Å². The smallest absolute Gasteiger partial charge is 0.138 e. The Morgan fingerprint density at radius 1 is 0.879 bits per heavy atom. The highest BCUT2D eigenvalue weighted by Gasteiger charge is 2.41. The third-order valence-electron chi connectivity index (χ3n) is 6.58. The Kier molecular flexibility index (Phi) is 3.99. The number of benzene rings is 3. The van der Waals surface area contributed by atoms with Crippen molar-refractivity contribution in [3.8, 4) is 40.1 Å². The molecule has 0 fully saturated rings. The van der Waals surface area contributed by atoms with E-state index in [0.29, 0.717) is 34.6 Å². The summed E-state index contributed by atoms with van der Waals surface area (Å²) >= 11 is 0. The quantitative estimate of drug-likeness (QED) is 0.302. The van der Waals surface area contributed by atoms with Gasteiger partial charge in [0.2, 0.25) is 0 Å². The molecular formula is C27H22O6. The van der Waals surface area contributed by atoms with Crippen LogP contribution in [0.25, 0.3) is 27.9 Å². The molecule has 4 N–H and O–H groups in total. The molecule has 0 amide bonds. The molecule has 1 aliphatic heterocycles.